The number of hydrogen-bond donors (Lipinski definition) is 2. The molecule has 6 heteroatoms. The van der Waals surface area contributed by atoms with Gasteiger partial charge in [-0.15, -0.1) is 0 Å². The van der Waals surface area contributed by atoms with Crippen LogP contribution in [0.15, 0.2) is 42.5 Å². The standard InChI is InChI=1S/C17H22O6/c1-2-3-9-20-17-14(19)13(18)15-12(22-17)10-21-16(23-15)11-7-5-4-6-8-11/h2-8,12-19H,9-10H2,1H3/b3-2+/t12-,13-,14-,15+,16+,17-/m1/s1. The fourth-order valence-electron chi connectivity index (χ4n) is 2.74. The molecule has 0 radical (unpaired) electrons. The van der Waals surface area contributed by atoms with E-state index >= 15 is 0 Å². The highest BCUT2D eigenvalue weighted by Gasteiger charge is 2.49. The fourth-order valence-corrected chi connectivity index (χ4v) is 2.74. The van der Waals surface area contributed by atoms with Crippen molar-refractivity contribution in [3.63, 3.8) is 0 Å². The lowest BCUT2D eigenvalue weighted by Crippen LogP contribution is -2.62. The second-order valence-electron chi connectivity index (χ2n) is 5.60. The van der Waals surface area contributed by atoms with Crippen molar-refractivity contribution >= 4 is 0 Å². The normalized spacial score (nSPS) is 37.7. The molecule has 0 bridgehead atoms. The van der Waals surface area contributed by atoms with Crippen molar-refractivity contribution < 1.29 is 29.2 Å². The molecule has 0 unspecified atom stereocenters. The molecule has 0 aromatic heterocycles. The van der Waals surface area contributed by atoms with Gasteiger partial charge >= 0.3 is 0 Å². The third kappa shape index (κ3) is 3.63. The molecule has 2 aliphatic rings. The van der Waals surface area contributed by atoms with Crippen molar-refractivity contribution in [3.05, 3.63) is 48.0 Å². The van der Waals surface area contributed by atoms with E-state index < -0.39 is 37.0 Å². The first-order valence-corrected chi connectivity index (χ1v) is 7.77. The largest absolute Gasteiger partial charge is 0.387 e. The maximum Gasteiger partial charge on any atom is 0.187 e. The average molecular weight is 322 g/mol. The Kier molecular flexibility index (Phi) is 5.42. The highest BCUT2D eigenvalue weighted by molar-refractivity contribution is 5.16. The molecule has 0 saturated carbocycles. The minimum atomic E-state index is -1.17. The van der Waals surface area contributed by atoms with E-state index in [-0.39, 0.29) is 6.61 Å². The molecule has 2 N–H and O–H groups in total. The van der Waals surface area contributed by atoms with Gasteiger partial charge in [0, 0.05) is 5.56 Å². The summed E-state index contributed by atoms with van der Waals surface area (Å²) in [5.74, 6) is 0. The van der Waals surface area contributed by atoms with Gasteiger partial charge in [0.2, 0.25) is 0 Å². The van der Waals surface area contributed by atoms with Gasteiger partial charge in [-0.2, -0.15) is 0 Å². The second kappa shape index (κ2) is 7.53. The summed E-state index contributed by atoms with van der Waals surface area (Å²) in [4.78, 5) is 0. The van der Waals surface area contributed by atoms with E-state index in [4.69, 9.17) is 18.9 Å². The van der Waals surface area contributed by atoms with Crippen LogP contribution in [-0.2, 0) is 18.9 Å². The Bertz CT molecular complexity index is 517. The number of rotatable bonds is 4. The Morgan fingerprint density at radius 3 is 2.70 bits per heavy atom. The predicted octanol–water partition coefficient (Wildman–Crippen LogP) is 1.14. The molecule has 2 aliphatic heterocycles. The predicted molar refractivity (Wildman–Crippen MR) is 81.4 cm³/mol. The van der Waals surface area contributed by atoms with Crippen LogP contribution in [0.3, 0.4) is 0 Å². The SMILES string of the molecule is C/C=C/CO[C@@H]1O[C@@H]2CO[C@H](c3ccccc3)O[C@@H]2[C@H](O)[C@H]1O. The third-order valence-corrected chi connectivity index (χ3v) is 4.00. The summed E-state index contributed by atoms with van der Waals surface area (Å²) in [7, 11) is 0. The molecular weight excluding hydrogens is 300 g/mol. The van der Waals surface area contributed by atoms with Gasteiger partial charge in [0.1, 0.15) is 24.4 Å². The van der Waals surface area contributed by atoms with Crippen LogP contribution in [0.2, 0.25) is 0 Å². The average Bonchev–Trinajstić information content (AvgIpc) is 2.60. The van der Waals surface area contributed by atoms with Gasteiger partial charge in [-0.25, -0.2) is 0 Å². The fraction of sp³-hybridized carbons (Fsp3) is 0.529. The number of allylic oxidation sites excluding steroid dienone is 1. The van der Waals surface area contributed by atoms with Gasteiger partial charge in [0.25, 0.3) is 0 Å². The van der Waals surface area contributed by atoms with Gasteiger partial charge in [-0.1, -0.05) is 42.5 Å². The van der Waals surface area contributed by atoms with E-state index in [2.05, 4.69) is 0 Å². The van der Waals surface area contributed by atoms with Gasteiger partial charge < -0.3 is 29.2 Å². The molecule has 6 nitrogen and oxygen atoms in total. The topological polar surface area (TPSA) is 77.4 Å². The summed E-state index contributed by atoms with van der Waals surface area (Å²) < 4.78 is 22.6. The second-order valence-corrected chi connectivity index (χ2v) is 5.60. The van der Waals surface area contributed by atoms with Crippen molar-refractivity contribution in [1.29, 1.82) is 0 Å². The molecule has 2 fully saturated rings. The Balaban J connectivity index is 1.65. The molecule has 2 heterocycles. The lowest BCUT2D eigenvalue weighted by molar-refractivity contribution is -0.360. The van der Waals surface area contributed by atoms with E-state index in [1.54, 1.807) is 6.08 Å². The van der Waals surface area contributed by atoms with Crippen molar-refractivity contribution in [2.75, 3.05) is 13.2 Å². The van der Waals surface area contributed by atoms with Crippen molar-refractivity contribution in [3.8, 4) is 0 Å². The van der Waals surface area contributed by atoms with E-state index in [1.807, 2.05) is 43.3 Å². The molecule has 1 aromatic carbocycles. The van der Waals surface area contributed by atoms with Crippen LogP contribution in [0.1, 0.15) is 18.8 Å². The van der Waals surface area contributed by atoms with Gasteiger partial charge in [-0.05, 0) is 6.92 Å². The summed E-state index contributed by atoms with van der Waals surface area (Å²) in [6.45, 7) is 2.44. The van der Waals surface area contributed by atoms with Crippen LogP contribution >= 0.6 is 0 Å². The van der Waals surface area contributed by atoms with E-state index in [0.717, 1.165) is 5.56 Å². The van der Waals surface area contributed by atoms with E-state index in [9.17, 15) is 10.2 Å². The van der Waals surface area contributed by atoms with Crippen LogP contribution in [0.4, 0.5) is 0 Å². The van der Waals surface area contributed by atoms with Gasteiger partial charge in [0.15, 0.2) is 12.6 Å². The number of ether oxygens (including phenoxy) is 4. The first kappa shape index (κ1) is 16.6. The molecule has 126 valence electrons. The summed E-state index contributed by atoms with van der Waals surface area (Å²) >= 11 is 0. The van der Waals surface area contributed by atoms with Crippen LogP contribution in [0.25, 0.3) is 0 Å². The molecule has 23 heavy (non-hydrogen) atoms. The maximum absolute atomic E-state index is 10.4. The van der Waals surface area contributed by atoms with Crippen LogP contribution in [-0.4, -0.2) is 54.1 Å². The number of hydrogen-bond acceptors (Lipinski definition) is 6. The molecule has 6 atom stereocenters. The lowest BCUT2D eigenvalue weighted by Gasteiger charge is -2.46. The molecule has 2 saturated heterocycles. The molecule has 0 aliphatic carbocycles. The zero-order valence-electron chi connectivity index (χ0n) is 12.9. The smallest absolute Gasteiger partial charge is 0.187 e. The summed E-state index contributed by atoms with van der Waals surface area (Å²) in [5, 5.41) is 20.5. The highest BCUT2D eigenvalue weighted by Crippen LogP contribution is 2.34. The molecule has 0 spiro atoms. The number of benzene rings is 1. The molecular formula is C17H22O6. The Hall–Kier alpha value is -1.28. The highest BCUT2D eigenvalue weighted by atomic mass is 16.8. The van der Waals surface area contributed by atoms with Gasteiger partial charge in [0.05, 0.1) is 13.2 Å². The first-order valence-electron chi connectivity index (χ1n) is 7.77. The monoisotopic (exact) mass is 322 g/mol. The van der Waals surface area contributed by atoms with Gasteiger partial charge in [-0.3, -0.25) is 0 Å². The van der Waals surface area contributed by atoms with Crippen LogP contribution in [0, 0.1) is 0 Å². The zero-order chi connectivity index (χ0) is 16.2. The molecule has 0 amide bonds. The molecule has 1 aromatic rings. The first-order chi connectivity index (χ1) is 11.2. The van der Waals surface area contributed by atoms with Crippen LogP contribution in [0.5, 0.6) is 0 Å². The lowest BCUT2D eigenvalue weighted by atomic mass is 9.98. The minimum absolute atomic E-state index is 0.261. The van der Waals surface area contributed by atoms with Crippen LogP contribution < -0.4 is 0 Å². The number of fused-ring (bicyclic) bond motifs is 1. The van der Waals surface area contributed by atoms with Crippen molar-refractivity contribution in [2.45, 2.75) is 43.9 Å². The third-order valence-electron chi connectivity index (χ3n) is 4.00. The minimum Gasteiger partial charge on any atom is -0.387 e. The van der Waals surface area contributed by atoms with Crippen molar-refractivity contribution in [1.82, 2.24) is 0 Å². The quantitative estimate of drug-likeness (QED) is 0.810. The Labute approximate surface area is 135 Å². The van der Waals surface area contributed by atoms with E-state index in [0.29, 0.717) is 6.61 Å². The number of aliphatic hydroxyl groups is 2. The Morgan fingerprint density at radius 1 is 1.17 bits per heavy atom. The summed E-state index contributed by atoms with van der Waals surface area (Å²) in [5.41, 5.74) is 0.860. The van der Waals surface area contributed by atoms with Crippen molar-refractivity contribution in [2.24, 2.45) is 0 Å². The molecule has 3 rings (SSSR count). The number of aliphatic hydroxyl groups excluding tert-OH is 2. The summed E-state index contributed by atoms with van der Waals surface area (Å²) in [6.07, 6.45) is -1.25. The maximum atomic E-state index is 10.4. The zero-order valence-corrected chi connectivity index (χ0v) is 12.9. The van der Waals surface area contributed by atoms with E-state index in [1.165, 1.54) is 0 Å². The Morgan fingerprint density at radius 2 is 1.96 bits per heavy atom. The summed E-state index contributed by atoms with van der Waals surface area (Å²) in [6, 6.07) is 9.47.